The Hall–Kier alpha value is -2.62. The number of aryl methyl sites for hydroxylation is 3. The van der Waals surface area contributed by atoms with Crippen molar-refractivity contribution in [3.8, 4) is 17.3 Å². The lowest BCUT2D eigenvalue weighted by atomic mass is 10.0. The van der Waals surface area contributed by atoms with Crippen molar-refractivity contribution in [1.82, 2.24) is 4.98 Å². The molecule has 0 unspecified atom stereocenters. The van der Waals surface area contributed by atoms with Crippen LogP contribution in [0.4, 0.5) is 5.13 Å². The number of carbonyl (C=O) groups excluding carboxylic acids is 1. The van der Waals surface area contributed by atoms with Crippen molar-refractivity contribution in [3.63, 3.8) is 0 Å². The number of benzene rings is 2. The molecule has 0 spiro atoms. The van der Waals surface area contributed by atoms with Gasteiger partial charge in [0.25, 0.3) is 0 Å². The summed E-state index contributed by atoms with van der Waals surface area (Å²) in [6.07, 6.45) is 0. The van der Waals surface area contributed by atoms with Crippen LogP contribution in [0, 0.1) is 32.1 Å². The first-order chi connectivity index (χ1) is 13.5. The van der Waals surface area contributed by atoms with Crippen molar-refractivity contribution in [3.05, 3.63) is 69.6 Å². The monoisotopic (exact) mass is 407 g/mol. The summed E-state index contributed by atoms with van der Waals surface area (Å²) >= 11 is 3.04. The van der Waals surface area contributed by atoms with Gasteiger partial charge in [0.15, 0.2) is 5.13 Å². The Bertz CT molecular complexity index is 1030. The molecule has 0 atom stereocenters. The van der Waals surface area contributed by atoms with Gasteiger partial charge < -0.3 is 5.32 Å². The highest BCUT2D eigenvalue weighted by Gasteiger charge is 2.13. The number of thiazole rings is 1. The second kappa shape index (κ2) is 9.05. The lowest BCUT2D eigenvalue weighted by molar-refractivity contribution is -0.113. The minimum atomic E-state index is -0.0565. The Morgan fingerprint density at radius 3 is 2.57 bits per heavy atom. The molecule has 3 aromatic rings. The number of rotatable bonds is 6. The second-order valence-corrected chi connectivity index (χ2v) is 8.76. The predicted molar refractivity (Wildman–Crippen MR) is 118 cm³/mol. The number of nitrogens with one attached hydrogen (secondary N) is 1. The lowest BCUT2D eigenvalue weighted by Gasteiger charge is -2.04. The number of nitriles is 1. The van der Waals surface area contributed by atoms with E-state index < -0.39 is 0 Å². The SMILES string of the molecule is Cc1ccc(-c2nc(NC(=O)CSCc3ccc(C#N)cc3)sc2C)cc1C. The average molecular weight is 408 g/mol. The van der Waals surface area contributed by atoms with Crippen molar-refractivity contribution in [2.24, 2.45) is 0 Å². The van der Waals surface area contributed by atoms with E-state index in [4.69, 9.17) is 5.26 Å². The summed E-state index contributed by atoms with van der Waals surface area (Å²) in [4.78, 5) is 18.0. The topological polar surface area (TPSA) is 65.8 Å². The highest BCUT2D eigenvalue weighted by atomic mass is 32.2. The molecule has 1 amide bonds. The third-order valence-electron chi connectivity index (χ3n) is 4.41. The fraction of sp³-hybridized carbons (Fsp3) is 0.227. The average Bonchev–Trinajstić information content (AvgIpc) is 3.04. The zero-order valence-corrected chi connectivity index (χ0v) is 17.7. The van der Waals surface area contributed by atoms with Crippen LogP contribution in [0.1, 0.15) is 27.1 Å². The van der Waals surface area contributed by atoms with Gasteiger partial charge in [0.1, 0.15) is 0 Å². The van der Waals surface area contributed by atoms with Gasteiger partial charge in [0, 0.05) is 16.2 Å². The van der Waals surface area contributed by atoms with E-state index in [0.717, 1.165) is 27.5 Å². The molecular formula is C22H21N3OS2. The van der Waals surface area contributed by atoms with Gasteiger partial charge in [-0.25, -0.2) is 4.98 Å². The smallest absolute Gasteiger partial charge is 0.236 e. The van der Waals surface area contributed by atoms with E-state index in [1.807, 2.05) is 19.1 Å². The standard InChI is InChI=1S/C22H21N3OS2/c1-14-4-9-19(10-15(14)2)21-16(3)28-22(25-21)24-20(26)13-27-12-18-7-5-17(11-23)6-8-18/h4-10H,12-13H2,1-3H3,(H,24,25,26). The molecular weight excluding hydrogens is 386 g/mol. The molecule has 142 valence electrons. The van der Waals surface area contributed by atoms with E-state index in [1.54, 1.807) is 12.1 Å². The van der Waals surface area contributed by atoms with Crippen LogP contribution in [0.15, 0.2) is 42.5 Å². The van der Waals surface area contributed by atoms with Gasteiger partial charge in [-0.1, -0.05) is 24.3 Å². The van der Waals surface area contributed by atoms with Gasteiger partial charge in [-0.05, 0) is 55.7 Å². The Labute approximate surface area is 173 Å². The number of nitrogens with zero attached hydrogens (tertiary/aromatic N) is 2. The Morgan fingerprint density at radius 2 is 1.89 bits per heavy atom. The van der Waals surface area contributed by atoms with E-state index in [0.29, 0.717) is 16.4 Å². The third kappa shape index (κ3) is 5.00. The molecule has 2 aromatic carbocycles. The summed E-state index contributed by atoms with van der Waals surface area (Å²) < 4.78 is 0. The van der Waals surface area contributed by atoms with Crippen LogP contribution in [-0.4, -0.2) is 16.6 Å². The maximum absolute atomic E-state index is 12.3. The highest BCUT2D eigenvalue weighted by Crippen LogP contribution is 2.31. The van der Waals surface area contributed by atoms with E-state index in [1.165, 1.54) is 34.2 Å². The summed E-state index contributed by atoms with van der Waals surface area (Å²) in [5.41, 5.74) is 6.23. The van der Waals surface area contributed by atoms with Crippen LogP contribution >= 0.6 is 23.1 Å². The number of anilines is 1. The molecule has 1 aromatic heterocycles. The Morgan fingerprint density at radius 1 is 1.14 bits per heavy atom. The maximum atomic E-state index is 12.3. The number of carbonyl (C=O) groups is 1. The van der Waals surface area contributed by atoms with Crippen LogP contribution < -0.4 is 5.32 Å². The molecule has 0 radical (unpaired) electrons. The van der Waals surface area contributed by atoms with Crippen LogP contribution in [-0.2, 0) is 10.5 Å². The van der Waals surface area contributed by atoms with Crippen LogP contribution in [0.25, 0.3) is 11.3 Å². The predicted octanol–water partition coefficient (Wildman–Crippen LogP) is 5.48. The fourth-order valence-electron chi connectivity index (χ4n) is 2.70. The molecule has 4 nitrogen and oxygen atoms in total. The quantitative estimate of drug-likeness (QED) is 0.588. The normalized spacial score (nSPS) is 10.5. The van der Waals surface area contributed by atoms with Crippen molar-refractivity contribution in [2.75, 3.05) is 11.1 Å². The van der Waals surface area contributed by atoms with Gasteiger partial charge >= 0.3 is 0 Å². The molecule has 28 heavy (non-hydrogen) atoms. The van der Waals surface area contributed by atoms with Crippen LogP contribution in [0.3, 0.4) is 0 Å². The summed E-state index contributed by atoms with van der Waals surface area (Å²) in [6, 6.07) is 15.8. The summed E-state index contributed by atoms with van der Waals surface area (Å²) in [5.74, 6) is 1.03. The number of aromatic nitrogens is 1. The molecule has 1 N–H and O–H groups in total. The molecule has 0 saturated heterocycles. The van der Waals surface area contributed by atoms with E-state index >= 15 is 0 Å². The summed E-state index contributed by atoms with van der Waals surface area (Å²) in [7, 11) is 0. The van der Waals surface area contributed by atoms with Crippen molar-refractivity contribution in [1.29, 1.82) is 5.26 Å². The minimum Gasteiger partial charge on any atom is -0.301 e. The largest absolute Gasteiger partial charge is 0.301 e. The number of thioether (sulfide) groups is 1. The van der Waals surface area contributed by atoms with Gasteiger partial charge in [-0.3, -0.25) is 4.79 Å². The molecule has 0 aliphatic carbocycles. The third-order valence-corrected chi connectivity index (χ3v) is 6.30. The van der Waals surface area contributed by atoms with Gasteiger partial charge in [-0.2, -0.15) is 5.26 Å². The Balaban J connectivity index is 1.57. The molecule has 0 aliphatic rings. The fourth-order valence-corrected chi connectivity index (χ4v) is 4.34. The molecule has 0 aliphatic heterocycles. The Kier molecular flexibility index (Phi) is 6.50. The van der Waals surface area contributed by atoms with Gasteiger partial charge in [0.2, 0.25) is 5.91 Å². The molecule has 3 rings (SSSR count). The number of hydrogen-bond acceptors (Lipinski definition) is 5. The summed E-state index contributed by atoms with van der Waals surface area (Å²) in [5, 5.41) is 12.4. The maximum Gasteiger partial charge on any atom is 0.236 e. The zero-order chi connectivity index (χ0) is 20.1. The van der Waals surface area contributed by atoms with Crippen molar-refractivity contribution in [2.45, 2.75) is 26.5 Å². The number of amides is 1. The molecule has 0 saturated carbocycles. The number of hydrogen-bond donors (Lipinski definition) is 1. The first-order valence-corrected chi connectivity index (χ1v) is 10.8. The molecule has 1 heterocycles. The lowest BCUT2D eigenvalue weighted by Crippen LogP contribution is -2.13. The van der Waals surface area contributed by atoms with Crippen LogP contribution in [0.5, 0.6) is 0 Å². The summed E-state index contributed by atoms with van der Waals surface area (Å²) in [6.45, 7) is 6.21. The van der Waals surface area contributed by atoms with E-state index in [-0.39, 0.29) is 5.91 Å². The van der Waals surface area contributed by atoms with Gasteiger partial charge in [0.05, 0.1) is 23.1 Å². The molecule has 0 fully saturated rings. The zero-order valence-electron chi connectivity index (χ0n) is 16.1. The van der Waals surface area contributed by atoms with Crippen LogP contribution in [0.2, 0.25) is 0 Å². The first-order valence-electron chi connectivity index (χ1n) is 8.88. The minimum absolute atomic E-state index is 0.0565. The van der Waals surface area contributed by atoms with E-state index in [2.05, 4.69) is 48.4 Å². The van der Waals surface area contributed by atoms with Gasteiger partial charge in [-0.15, -0.1) is 23.1 Å². The molecule has 6 heteroatoms. The highest BCUT2D eigenvalue weighted by molar-refractivity contribution is 7.99. The second-order valence-electron chi connectivity index (χ2n) is 6.57. The van der Waals surface area contributed by atoms with Crippen molar-refractivity contribution >= 4 is 34.1 Å². The molecule has 0 bridgehead atoms. The van der Waals surface area contributed by atoms with E-state index in [9.17, 15) is 4.79 Å². The van der Waals surface area contributed by atoms with Crippen molar-refractivity contribution < 1.29 is 4.79 Å². The first kappa shape index (κ1) is 20.1.